The molecule has 0 aromatic heterocycles. The third kappa shape index (κ3) is 2.30. The number of carbonyl (C=O) groups is 1. The van der Waals surface area contributed by atoms with Gasteiger partial charge in [-0.1, -0.05) is 66.7 Å². The van der Waals surface area contributed by atoms with Crippen LogP contribution in [0.2, 0.25) is 0 Å². The van der Waals surface area contributed by atoms with Crippen molar-refractivity contribution < 1.29 is 4.79 Å². The van der Waals surface area contributed by atoms with E-state index in [1.807, 2.05) is 38.4 Å². The zero-order chi connectivity index (χ0) is 18.5. The summed E-state index contributed by atoms with van der Waals surface area (Å²) in [6.07, 6.45) is 0. The molecule has 0 atom stereocenters. The van der Waals surface area contributed by atoms with E-state index in [9.17, 15) is 4.79 Å². The van der Waals surface area contributed by atoms with Crippen LogP contribution >= 0.6 is 0 Å². The molecule has 0 saturated heterocycles. The molecule has 0 fully saturated rings. The van der Waals surface area contributed by atoms with Crippen LogP contribution in [-0.4, -0.2) is 19.9 Å². The van der Waals surface area contributed by atoms with Crippen LogP contribution in [0.1, 0.15) is 15.9 Å². The average Bonchev–Trinajstić information content (AvgIpc) is 2.71. The lowest BCUT2D eigenvalue weighted by atomic mass is 9.79. The third-order valence-electron chi connectivity index (χ3n) is 5.43. The molecule has 0 amide bonds. The molecule has 0 bridgehead atoms. The first-order chi connectivity index (χ1) is 13.1. The van der Waals surface area contributed by atoms with Crippen molar-refractivity contribution in [2.75, 3.05) is 19.0 Å². The lowest BCUT2D eigenvalue weighted by Crippen LogP contribution is -2.11. The highest BCUT2D eigenvalue weighted by atomic mass is 16.1. The van der Waals surface area contributed by atoms with Gasteiger partial charge in [-0.2, -0.15) is 0 Å². The minimum absolute atomic E-state index is 0.113. The van der Waals surface area contributed by atoms with E-state index in [-0.39, 0.29) is 5.78 Å². The van der Waals surface area contributed by atoms with Crippen LogP contribution in [-0.2, 0) is 0 Å². The summed E-state index contributed by atoms with van der Waals surface area (Å²) in [5, 5.41) is 2.18. The first-order valence-corrected chi connectivity index (χ1v) is 9.13. The van der Waals surface area contributed by atoms with E-state index in [0.717, 1.165) is 49.8 Å². The number of carbonyl (C=O) groups excluding carboxylic acids is 1. The molecule has 2 heteroatoms. The van der Waals surface area contributed by atoms with Crippen molar-refractivity contribution in [3.8, 4) is 22.3 Å². The van der Waals surface area contributed by atoms with E-state index < -0.39 is 0 Å². The van der Waals surface area contributed by atoms with E-state index in [1.165, 1.54) is 0 Å². The average molecular weight is 349 g/mol. The third-order valence-corrected chi connectivity index (χ3v) is 5.43. The zero-order valence-corrected chi connectivity index (χ0v) is 15.4. The molecule has 5 rings (SSSR count). The molecule has 1 aliphatic rings. The standard InChI is InChI=1S/C25H19NO/c1-26(2)18-13-10-16(11-14-18)19-15-12-17-6-5-9-21-20-7-3-4-8-22(20)25(27)24(19)23(17)21/h3-15H,1-2H3. The largest absolute Gasteiger partial charge is 0.378 e. The number of rotatable bonds is 2. The van der Waals surface area contributed by atoms with Gasteiger partial charge in [-0.25, -0.2) is 0 Å². The van der Waals surface area contributed by atoms with E-state index in [1.54, 1.807) is 0 Å². The van der Waals surface area contributed by atoms with Crippen molar-refractivity contribution in [3.05, 3.63) is 90.0 Å². The summed E-state index contributed by atoms with van der Waals surface area (Å²) < 4.78 is 0. The topological polar surface area (TPSA) is 20.3 Å². The lowest BCUT2D eigenvalue weighted by Gasteiger charge is -2.22. The Balaban J connectivity index is 1.83. The summed E-state index contributed by atoms with van der Waals surface area (Å²) in [4.78, 5) is 15.5. The predicted molar refractivity (Wildman–Crippen MR) is 113 cm³/mol. The van der Waals surface area contributed by atoms with Crippen molar-refractivity contribution in [3.63, 3.8) is 0 Å². The summed E-state index contributed by atoms with van der Waals surface area (Å²) in [6.45, 7) is 0. The highest BCUT2D eigenvalue weighted by Gasteiger charge is 2.27. The fourth-order valence-corrected chi connectivity index (χ4v) is 4.07. The van der Waals surface area contributed by atoms with Crippen LogP contribution in [0.25, 0.3) is 33.0 Å². The van der Waals surface area contributed by atoms with Gasteiger partial charge >= 0.3 is 0 Å². The highest BCUT2D eigenvalue weighted by molar-refractivity contribution is 6.28. The van der Waals surface area contributed by atoms with Crippen LogP contribution in [0.15, 0.2) is 78.9 Å². The molecule has 0 saturated carbocycles. The first kappa shape index (κ1) is 15.8. The maximum absolute atomic E-state index is 13.5. The van der Waals surface area contributed by atoms with Gasteiger partial charge in [0.05, 0.1) is 0 Å². The molecule has 4 aromatic carbocycles. The minimum Gasteiger partial charge on any atom is -0.378 e. The molecular weight excluding hydrogens is 330 g/mol. The molecule has 27 heavy (non-hydrogen) atoms. The molecular formula is C25H19NO. The van der Waals surface area contributed by atoms with Crippen LogP contribution < -0.4 is 4.90 Å². The Bertz CT molecular complexity index is 1200. The van der Waals surface area contributed by atoms with Crippen LogP contribution in [0.3, 0.4) is 0 Å². The Kier molecular flexibility index (Phi) is 3.41. The summed E-state index contributed by atoms with van der Waals surface area (Å²) in [6, 6.07) is 26.8. The molecule has 130 valence electrons. The maximum atomic E-state index is 13.5. The summed E-state index contributed by atoms with van der Waals surface area (Å²) in [7, 11) is 4.06. The number of nitrogens with zero attached hydrogens (tertiary/aromatic N) is 1. The SMILES string of the molecule is CN(C)c1ccc(-c2ccc3cccc4c3c2C(=O)c2ccccc2-4)cc1. The number of ketones is 1. The Labute approximate surface area is 158 Å². The van der Waals surface area contributed by atoms with Gasteiger partial charge in [0, 0.05) is 36.3 Å². The van der Waals surface area contributed by atoms with E-state index in [4.69, 9.17) is 0 Å². The fraction of sp³-hybridized carbons (Fsp3) is 0.0800. The normalized spacial score (nSPS) is 12.1. The number of anilines is 1. The quantitative estimate of drug-likeness (QED) is 0.402. The summed E-state index contributed by atoms with van der Waals surface area (Å²) in [5.41, 5.74) is 6.99. The Morgan fingerprint density at radius 3 is 2.07 bits per heavy atom. The Morgan fingerprint density at radius 1 is 0.630 bits per heavy atom. The van der Waals surface area contributed by atoms with Gasteiger partial charge in [-0.15, -0.1) is 0 Å². The van der Waals surface area contributed by atoms with Crippen molar-refractivity contribution in [1.82, 2.24) is 0 Å². The Hall–Kier alpha value is -3.39. The van der Waals surface area contributed by atoms with Crippen molar-refractivity contribution in [2.24, 2.45) is 0 Å². The minimum atomic E-state index is 0.113. The maximum Gasteiger partial charge on any atom is 0.194 e. The van der Waals surface area contributed by atoms with Gasteiger partial charge in [-0.3, -0.25) is 4.79 Å². The molecule has 0 unspecified atom stereocenters. The highest BCUT2D eigenvalue weighted by Crippen LogP contribution is 2.43. The molecule has 0 radical (unpaired) electrons. The van der Waals surface area contributed by atoms with Crippen molar-refractivity contribution in [2.45, 2.75) is 0 Å². The first-order valence-electron chi connectivity index (χ1n) is 9.13. The molecule has 0 aliphatic heterocycles. The molecule has 1 aliphatic carbocycles. The van der Waals surface area contributed by atoms with Crippen LogP contribution in [0, 0.1) is 0 Å². The second-order valence-corrected chi connectivity index (χ2v) is 7.21. The molecule has 0 spiro atoms. The van der Waals surface area contributed by atoms with Gasteiger partial charge < -0.3 is 4.90 Å². The molecule has 0 heterocycles. The van der Waals surface area contributed by atoms with Gasteiger partial charge in [-0.05, 0) is 39.8 Å². The number of hydrogen-bond donors (Lipinski definition) is 0. The molecule has 0 N–H and O–H groups in total. The summed E-state index contributed by atoms with van der Waals surface area (Å²) >= 11 is 0. The second-order valence-electron chi connectivity index (χ2n) is 7.21. The summed E-state index contributed by atoms with van der Waals surface area (Å²) in [5.74, 6) is 0.113. The van der Waals surface area contributed by atoms with E-state index in [2.05, 4.69) is 59.5 Å². The van der Waals surface area contributed by atoms with Gasteiger partial charge in [0.2, 0.25) is 0 Å². The van der Waals surface area contributed by atoms with E-state index >= 15 is 0 Å². The predicted octanol–water partition coefficient (Wildman–Crippen LogP) is 5.78. The van der Waals surface area contributed by atoms with Gasteiger partial charge in [0.1, 0.15) is 0 Å². The number of hydrogen-bond acceptors (Lipinski definition) is 2. The van der Waals surface area contributed by atoms with E-state index in [0.29, 0.717) is 0 Å². The van der Waals surface area contributed by atoms with Gasteiger partial charge in [0.25, 0.3) is 0 Å². The second kappa shape index (κ2) is 5.82. The molecule has 4 aromatic rings. The molecule has 2 nitrogen and oxygen atoms in total. The number of benzene rings is 4. The fourth-order valence-electron chi connectivity index (χ4n) is 4.07. The zero-order valence-electron chi connectivity index (χ0n) is 15.4. The Morgan fingerprint density at radius 2 is 1.33 bits per heavy atom. The van der Waals surface area contributed by atoms with Crippen molar-refractivity contribution in [1.29, 1.82) is 0 Å². The van der Waals surface area contributed by atoms with Crippen LogP contribution in [0.4, 0.5) is 5.69 Å². The van der Waals surface area contributed by atoms with Crippen LogP contribution in [0.5, 0.6) is 0 Å². The van der Waals surface area contributed by atoms with Gasteiger partial charge in [0.15, 0.2) is 5.78 Å². The smallest absolute Gasteiger partial charge is 0.194 e. The monoisotopic (exact) mass is 349 g/mol. The lowest BCUT2D eigenvalue weighted by molar-refractivity contribution is 0.104. The number of fused-ring (bicyclic) bond motifs is 2. The van der Waals surface area contributed by atoms with Crippen molar-refractivity contribution >= 4 is 22.2 Å².